The molecule has 0 bridgehead atoms. The molecule has 0 saturated carbocycles. The molecule has 2 aromatic rings. The highest BCUT2D eigenvalue weighted by Gasteiger charge is 2.07. The van der Waals surface area contributed by atoms with Crippen LogP contribution < -0.4 is 16.0 Å². The summed E-state index contributed by atoms with van der Waals surface area (Å²) in [7, 11) is 0. The van der Waals surface area contributed by atoms with Gasteiger partial charge in [-0.25, -0.2) is 0 Å². The fraction of sp³-hybridized carbons (Fsp3) is 0.562. The van der Waals surface area contributed by atoms with Gasteiger partial charge in [-0.05, 0) is 56.3 Å². The summed E-state index contributed by atoms with van der Waals surface area (Å²) in [6.07, 6.45) is 18.9. The van der Waals surface area contributed by atoms with Crippen molar-refractivity contribution in [2.45, 2.75) is 104 Å². The van der Waals surface area contributed by atoms with Gasteiger partial charge in [0.25, 0.3) is 5.91 Å². The minimum atomic E-state index is -0.145. The molecule has 5 heteroatoms. The maximum absolute atomic E-state index is 12.4. The number of hydrogen-bond donors (Lipinski definition) is 3. The molecular weight excluding hydrogens is 458 g/mol. The van der Waals surface area contributed by atoms with Crippen molar-refractivity contribution in [3.05, 3.63) is 59.7 Å². The number of unbranched alkanes of at least 4 members (excludes halogenated alkanes) is 13. The normalized spacial score (nSPS) is 10.9. The van der Waals surface area contributed by atoms with E-state index in [1.54, 1.807) is 30.3 Å². The molecule has 204 valence electrons. The standard InChI is InChI=1S/C32H49N3O2/c1-3-4-5-6-7-8-9-10-11-12-13-14-15-16-24-33-26-31(36)34-29-20-22-30(23-21-29)35-32(37)28-19-17-18-27(2)25-28/h17-23,25,33H,3-16,24,26H2,1-2H3,(H,34,36)(H,35,37). The third kappa shape index (κ3) is 14.6. The molecule has 0 radical (unpaired) electrons. The van der Waals surface area contributed by atoms with E-state index in [-0.39, 0.29) is 11.8 Å². The molecular formula is C32H49N3O2. The van der Waals surface area contributed by atoms with Gasteiger partial charge in [-0.3, -0.25) is 9.59 Å². The summed E-state index contributed by atoms with van der Waals surface area (Å²) in [4.78, 5) is 24.6. The first-order valence-corrected chi connectivity index (χ1v) is 14.6. The Balaban J connectivity index is 1.44. The topological polar surface area (TPSA) is 70.2 Å². The van der Waals surface area contributed by atoms with E-state index in [1.807, 2.05) is 25.1 Å². The van der Waals surface area contributed by atoms with Gasteiger partial charge in [0.2, 0.25) is 5.91 Å². The highest BCUT2D eigenvalue weighted by Crippen LogP contribution is 2.16. The molecule has 0 spiro atoms. The van der Waals surface area contributed by atoms with Crippen LogP contribution in [0.1, 0.15) is 113 Å². The molecule has 5 nitrogen and oxygen atoms in total. The van der Waals surface area contributed by atoms with E-state index in [9.17, 15) is 9.59 Å². The van der Waals surface area contributed by atoms with Crippen molar-refractivity contribution >= 4 is 23.2 Å². The van der Waals surface area contributed by atoms with Gasteiger partial charge in [0.1, 0.15) is 0 Å². The van der Waals surface area contributed by atoms with Crippen molar-refractivity contribution < 1.29 is 9.59 Å². The molecule has 3 N–H and O–H groups in total. The van der Waals surface area contributed by atoms with Gasteiger partial charge in [-0.15, -0.1) is 0 Å². The molecule has 2 amide bonds. The summed E-state index contributed by atoms with van der Waals surface area (Å²) < 4.78 is 0. The van der Waals surface area contributed by atoms with Gasteiger partial charge in [-0.2, -0.15) is 0 Å². The lowest BCUT2D eigenvalue weighted by atomic mass is 10.0. The number of nitrogens with one attached hydrogen (secondary N) is 3. The smallest absolute Gasteiger partial charge is 0.255 e. The fourth-order valence-corrected chi connectivity index (χ4v) is 4.48. The SMILES string of the molecule is CCCCCCCCCCCCCCCCNCC(=O)Nc1ccc(NC(=O)c2cccc(C)c2)cc1. The number of carbonyl (C=O) groups is 2. The van der Waals surface area contributed by atoms with Crippen LogP contribution in [0.4, 0.5) is 11.4 Å². The van der Waals surface area contributed by atoms with Gasteiger partial charge < -0.3 is 16.0 Å². The number of benzene rings is 2. The molecule has 0 atom stereocenters. The van der Waals surface area contributed by atoms with E-state index < -0.39 is 0 Å². The average Bonchev–Trinajstić information content (AvgIpc) is 2.89. The molecule has 2 aromatic carbocycles. The minimum absolute atomic E-state index is 0.0538. The lowest BCUT2D eigenvalue weighted by molar-refractivity contribution is -0.115. The van der Waals surface area contributed by atoms with E-state index in [2.05, 4.69) is 22.9 Å². The Morgan fingerprint density at radius 2 is 1.16 bits per heavy atom. The van der Waals surface area contributed by atoms with Gasteiger partial charge in [0.15, 0.2) is 0 Å². The maximum atomic E-state index is 12.4. The summed E-state index contributed by atoms with van der Waals surface area (Å²) in [5.74, 6) is -0.199. The Labute approximate surface area is 225 Å². The summed E-state index contributed by atoms with van der Waals surface area (Å²) in [6, 6.07) is 14.7. The summed E-state index contributed by atoms with van der Waals surface area (Å²) in [5, 5.41) is 9.03. The molecule has 0 fully saturated rings. The number of carbonyl (C=O) groups excluding carboxylic acids is 2. The zero-order valence-corrected chi connectivity index (χ0v) is 23.2. The molecule has 0 aromatic heterocycles. The maximum Gasteiger partial charge on any atom is 0.255 e. The van der Waals surface area contributed by atoms with E-state index in [1.165, 1.54) is 83.5 Å². The van der Waals surface area contributed by atoms with E-state index in [0.29, 0.717) is 17.8 Å². The lowest BCUT2D eigenvalue weighted by Crippen LogP contribution is -2.28. The number of anilines is 2. The van der Waals surface area contributed by atoms with Crippen molar-refractivity contribution in [1.29, 1.82) is 0 Å². The van der Waals surface area contributed by atoms with Crippen LogP contribution in [0.25, 0.3) is 0 Å². The first kappa shape index (κ1) is 30.6. The molecule has 0 saturated heterocycles. The highest BCUT2D eigenvalue weighted by molar-refractivity contribution is 6.04. The van der Waals surface area contributed by atoms with E-state index >= 15 is 0 Å². The number of aryl methyl sites for hydroxylation is 1. The molecule has 0 heterocycles. The Hall–Kier alpha value is -2.66. The first-order chi connectivity index (χ1) is 18.1. The lowest BCUT2D eigenvalue weighted by Gasteiger charge is -2.09. The summed E-state index contributed by atoms with van der Waals surface area (Å²) in [6.45, 7) is 5.42. The van der Waals surface area contributed by atoms with Gasteiger partial charge in [-0.1, -0.05) is 108 Å². The predicted molar refractivity (Wildman–Crippen MR) is 157 cm³/mol. The highest BCUT2D eigenvalue weighted by atomic mass is 16.2. The van der Waals surface area contributed by atoms with Crippen LogP contribution in [0.5, 0.6) is 0 Å². The third-order valence-corrected chi connectivity index (χ3v) is 6.70. The summed E-state index contributed by atoms with van der Waals surface area (Å²) in [5.41, 5.74) is 3.09. The van der Waals surface area contributed by atoms with E-state index in [0.717, 1.165) is 24.2 Å². The Morgan fingerprint density at radius 1 is 0.649 bits per heavy atom. The second-order valence-electron chi connectivity index (χ2n) is 10.2. The van der Waals surface area contributed by atoms with Crippen LogP contribution in [0.3, 0.4) is 0 Å². The van der Waals surface area contributed by atoms with Gasteiger partial charge >= 0.3 is 0 Å². The molecule has 0 aliphatic rings. The molecule has 0 aliphatic carbocycles. The van der Waals surface area contributed by atoms with Crippen LogP contribution in [0, 0.1) is 6.92 Å². The van der Waals surface area contributed by atoms with E-state index in [4.69, 9.17) is 0 Å². The molecule has 37 heavy (non-hydrogen) atoms. The second kappa shape index (κ2) is 19.5. The molecule has 2 rings (SSSR count). The van der Waals surface area contributed by atoms with Crippen molar-refractivity contribution in [1.82, 2.24) is 5.32 Å². The number of amides is 2. The number of rotatable bonds is 20. The van der Waals surface area contributed by atoms with Crippen LogP contribution in [0.2, 0.25) is 0 Å². The second-order valence-corrected chi connectivity index (χ2v) is 10.2. The van der Waals surface area contributed by atoms with Gasteiger partial charge in [0, 0.05) is 16.9 Å². The predicted octanol–water partition coefficient (Wildman–Crippen LogP) is 8.26. The monoisotopic (exact) mass is 507 g/mol. The number of hydrogen-bond acceptors (Lipinski definition) is 3. The van der Waals surface area contributed by atoms with Crippen molar-refractivity contribution in [2.75, 3.05) is 23.7 Å². The first-order valence-electron chi connectivity index (χ1n) is 14.6. The Kier molecular flexibility index (Phi) is 16.1. The summed E-state index contributed by atoms with van der Waals surface area (Å²) >= 11 is 0. The Morgan fingerprint density at radius 3 is 1.70 bits per heavy atom. The minimum Gasteiger partial charge on any atom is -0.325 e. The molecule has 0 aliphatic heterocycles. The zero-order chi connectivity index (χ0) is 26.6. The zero-order valence-electron chi connectivity index (χ0n) is 23.2. The van der Waals surface area contributed by atoms with Crippen LogP contribution >= 0.6 is 0 Å². The third-order valence-electron chi connectivity index (χ3n) is 6.70. The van der Waals surface area contributed by atoms with Crippen molar-refractivity contribution in [2.24, 2.45) is 0 Å². The fourth-order valence-electron chi connectivity index (χ4n) is 4.48. The van der Waals surface area contributed by atoms with Crippen LogP contribution in [-0.4, -0.2) is 24.9 Å². The van der Waals surface area contributed by atoms with Crippen LogP contribution in [-0.2, 0) is 4.79 Å². The quantitative estimate of drug-likeness (QED) is 0.158. The van der Waals surface area contributed by atoms with Gasteiger partial charge in [0.05, 0.1) is 6.54 Å². The Bertz CT molecular complexity index is 895. The van der Waals surface area contributed by atoms with Crippen molar-refractivity contribution in [3.63, 3.8) is 0 Å². The van der Waals surface area contributed by atoms with Crippen molar-refractivity contribution in [3.8, 4) is 0 Å². The largest absolute Gasteiger partial charge is 0.325 e. The van der Waals surface area contributed by atoms with Crippen LogP contribution in [0.15, 0.2) is 48.5 Å². The average molecular weight is 508 g/mol. The molecule has 0 unspecified atom stereocenters.